The van der Waals surface area contributed by atoms with Gasteiger partial charge < -0.3 is 24.8 Å². The molecule has 198 valence electrons. The number of halogens is 1. The van der Waals surface area contributed by atoms with Gasteiger partial charge in [-0.25, -0.2) is 5.43 Å². The van der Waals surface area contributed by atoms with Gasteiger partial charge >= 0.3 is 11.8 Å². The summed E-state index contributed by atoms with van der Waals surface area (Å²) in [6.07, 6.45) is 1.34. The summed E-state index contributed by atoms with van der Waals surface area (Å²) >= 11 is 3.39. The maximum Gasteiger partial charge on any atom is 0.329 e. The summed E-state index contributed by atoms with van der Waals surface area (Å²) in [5.41, 5.74) is 4.71. The second kappa shape index (κ2) is 13.8. The quantitative estimate of drug-likeness (QED) is 0.186. The Hall–Kier alpha value is -4.38. The van der Waals surface area contributed by atoms with E-state index < -0.39 is 11.8 Å². The summed E-state index contributed by atoms with van der Waals surface area (Å²) in [6.45, 7) is 3.89. The SMILES string of the molecule is CCOc1ccccc1NC(=O)C(=O)N/N=C\c1ccc(OCC(=O)Nc2ccc(Br)cc2C)c(OC)c1. The lowest BCUT2D eigenvalue weighted by Gasteiger charge is -2.12. The van der Waals surface area contributed by atoms with Crippen LogP contribution in [0.25, 0.3) is 0 Å². The van der Waals surface area contributed by atoms with E-state index in [1.165, 1.54) is 13.3 Å². The number of para-hydroxylation sites is 2. The molecule has 0 aromatic heterocycles. The van der Waals surface area contributed by atoms with E-state index in [-0.39, 0.29) is 12.5 Å². The maximum absolute atomic E-state index is 12.3. The molecular formula is C27H27BrN4O6. The van der Waals surface area contributed by atoms with Crippen LogP contribution in [0, 0.1) is 6.92 Å². The molecule has 0 heterocycles. The van der Waals surface area contributed by atoms with Gasteiger partial charge in [0.25, 0.3) is 5.91 Å². The summed E-state index contributed by atoms with van der Waals surface area (Å²) < 4.78 is 17.3. The number of benzene rings is 3. The topological polar surface area (TPSA) is 127 Å². The number of carbonyl (C=O) groups excluding carboxylic acids is 3. The third-order valence-electron chi connectivity index (χ3n) is 5.03. The van der Waals surface area contributed by atoms with E-state index in [1.807, 2.05) is 26.0 Å². The van der Waals surface area contributed by atoms with Crippen LogP contribution in [0.5, 0.6) is 17.2 Å². The molecule has 0 aliphatic carbocycles. The van der Waals surface area contributed by atoms with Crippen molar-refractivity contribution in [3.8, 4) is 17.2 Å². The van der Waals surface area contributed by atoms with Crippen LogP contribution in [-0.2, 0) is 14.4 Å². The molecule has 3 aromatic rings. The Balaban J connectivity index is 1.54. The van der Waals surface area contributed by atoms with Crippen molar-refractivity contribution in [1.82, 2.24) is 5.43 Å². The van der Waals surface area contributed by atoms with Crippen molar-refractivity contribution < 1.29 is 28.6 Å². The second-order valence-electron chi connectivity index (χ2n) is 7.79. The predicted molar refractivity (Wildman–Crippen MR) is 148 cm³/mol. The van der Waals surface area contributed by atoms with Crippen LogP contribution in [-0.4, -0.2) is 44.3 Å². The van der Waals surface area contributed by atoms with Gasteiger partial charge in [0.15, 0.2) is 18.1 Å². The van der Waals surface area contributed by atoms with Gasteiger partial charge in [-0.1, -0.05) is 28.1 Å². The molecule has 0 spiro atoms. The maximum atomic E-state index is 12.3. The number of amides is 3. The van der Waals surface area contributed by atoms with E-state index in [4.69, 9.17) is 14.2 Å². The Labute approximate surface area is 228 Å². The van der Waals surface area contributed by atoms with Crippen molar-refractivity contribution in [3.05, 3.63) is 76.3 Å². The van der Waals surface area contributed by atoms with Gasteiger partial charge in [-0.2, -0.15) is 5.10 Å². The van der Waals surface area contributed by atoms with E-state index in [0.29, 0.717) is 40.8 Å². The van der Waals surface area contributed by atoms with E-state index in [2.05, 4.69) is 37.1 Å². The molecule has 0 aliphatic rings. The highest BCUT2D eigenvalue weighted by Gasteiger charge is 2.15. The van der Waals surface area contributed by atoms with Crippen molar-refractivity contribution in [1.29, 1.82) is 0 Å². The zero-order valence-electron chi connectivity index (χ0n) is 21.0. The minimum Gasteiger partial charge on any atom is -0.493 e. The van der Waals surface area contributed by atoms with E-state index in [1.54, 1.807) is 48.5 Å². The Kier molecular flexibility index (Phi) is 10.2. The standard InChI is InChI=1S/C27H27BrN4O6/c1-4-37-22-8-6-5-7-21(22)31-26(34)27(35)32-29-15-18-9-12-23(24(14-18)36-3)38-16-25(33)30-20-11-10-19(28)13-17(20)2/h5-15H,4,16H2,1-3H3,(H,30,33)(H,31,34)(H,32,35)/b29-15-. The van der Waals surface area contributed by atoms with Crippen LogP contribution >= 0.6 is 15.9 Å². The summed E-state index contributed by atoms with van der Waals surface area (Å²) in [4.78, 5) is 36.7. The smallest absolute Gasteiger partial charge is 0.329 e. The largest absolute Gasteiger partial charge is 0.493 e. The first kappa shape index (κ1) is 28.2. The zero-order chi connectivity index (χ0) is 27.5. The summed E-state index contributed by atoms with van der Waals surface area (Å²) in [7, 11) is 1.46. The average Bonchev–Trinajstić information content (AvgIpc) is 2.90. The normalized spacial score (nSPS) is 10.5. The number of rotatable bonds is 10. The molecule has 0 radical (unpaired) electrons. The second-order valence-corrected chi connectivity index (χ2v) is 8.70. The molecule has 3 amide bonds. The van der Waals surface area contributed by atoms with Gasteiger partial charge in [-0.3, -0.25) is 14.4 Å². The third kappa shape index (κ3) is 8.07. The van der Waals surface area contributed by atoms with Gasteiger partial charge in [0.2, 0.25) is 0 Å². The van der Waals surface area contributed by atoms with E-state index in [0.717, 1.165) is 10.0 Å². The lowest BCUT2D eigenvalue weighted by molar-refractivity contribution is -0.136. The van der Waals surface area contributed by atoms with Crippen molar-refractivity contribution in [2.45, 2.75) is 13.8 Å². The highest BCUT2D eigenvalue weighted by molar-refractivity contribution is 9.10. The molecule has 0 saturated heterocycles. The Morgan fingerprint density at radius 2 is 1.68 bits per heavy atom. The van der Waals surface area contributed by atoms with Gasteiger partial charge in [-0.15, -0.1) is 0 Å². The number of nitrogens with zero attached hydrogens (tertiary/aromatic N) is 1. The molecule has 3 N–H and O–H groups in total. The Morgan fingerprint density at radius 1 is 0.895 bits per heavy atom. The number of methoxy groups -OCH3 is 1. The molecule has 0 aliphatic heterocycles. The minimum atomic E-state index is -0.952. The Bertz CT molecular complexity index is 1340. The van der Waals surface area contributed by atoms with Crippen LogP contribution in [0.2, 0.25) is 0 Å². The lowest BCUT2D eigenvalue weighted by Crippen LogP contribution is -2.32. The molecule has 0 atom stereocenters. The first-order valence-electron chi connectivity index (χ1n) is 11.5. The molecule has 3 rings (SSSR count). The van der Waals surface area contributed by atoms with Crippen LogP contribution < -0.4 is 30.3 Å². The fourth-order valence-electron chi connectivity index (χ4n) is 3.23. The number of ether oxygens (including phenoxy) is 3. The third-order valence-corrected chi connectivity index (χ3v) is 5.52. The molecule has 0 bridgehead atoms. The number of nitrogens with one attached hydrogen (secondary N) is 3. The molecule has 3 aromatic carbocycles. The van der Waals surface area contributed by atoms with Crippen molar-refractivity contribution in [2.24, 2.45) is 5.10 Å². The molecule has 0 saturated carbocycles. The molecule has 38 heavy (non-hydrogen) atoms. The fourth-order valence-corrected chi connectivity index (χ4v) is 3.70. The van der Waals surface area contributed by atoms with Gasteiger partial charge in [0.05, 0.1) is 25.6 Å². The van der Waals surface area contributed by atoms with Crippen LogP contribution in [0.3, 0.4) is 0 Å². The number of carbonyl (C=O) groups is 3. The van der Waals surface area contributed by atoms with Crippen LogP contribution in [0.15, 0.2) is 70.2 Å². The Morgan fingerprint density at radius 3 is 2.42 bits per heavy atom. The predicted octanol–water partition coefficient (Wildman–Crippen LogP) is 4.27. The summed E-state index contributed by atoms with van der Waals surface area (Å²) in [5.74, 6) is -1.01. The number of anilines is 2. The van der Waals surface area contributed by atoms with Gasteiger partial charge in [-0.05, 0) is 73.5 Å². The van der Waals surface area contributed by atoms with Gasteiger partial charge in [0, 0.05) is 10.2 Å². The molecule has 0 unspecified atom stereocenters. The summed E-state index contributed by atoms with van der Waals surface area (Å²) in [5, 5.41) is 9.12. The number of hydrogen-bond donors (Lipinski definition) is 3. The van der Waals surface area contributed by atoms with Crippen molar-refractivity contribution in [3.63, 3.8) is 0 Å². The van der Waals surface area contributed by atoms with Crippen LogP contribution in [0.1, 0.15) is 18.1 Å². The van der Waals surface area contributed by atoms with E-state index in [9.17, 15) is 14.4 Å². The average molecular weight is 583 g/mol. The monoisotopic (exact) mass is 582 g/mol. The molecular weight excluding hydrogens is 556 g/mol. The number of aryl methyl sites for hydroxylation is 1. The van der Waals surface area contributed by atoms with Crippen molar-refractivity contribution >= 4 is 51.2 Å². The van der Waals surface area contributed by atoms with Gasteiger partial charge in [0.1, 0.15) is 5.75 Å². The van der Waals surface area contributed by atoms with E-state index >= 15 is 0 Å². The minimum absolute atomic E-state index is 0.225. The highest BCUT2D eigenvalue weighted by atomic mass is 79.9. The highest BCUT2D eigenvalue weighted by Crippen LogP contribution is 2.28. The molecule has 10 nitrogen and oxygen atoms in total. The molecule has 11 heteroatoms. The number of hydrogen-bond acceptors (Lipinski definition) is 7. The molecule has 0 fully saturated rings. The fraction of sp³-hybridized carbons (Fsp3) is 0.185. The summed E-state index contributed by atoms with van der Waals surface area (Å²) in [6, 6.07) is 17.2. The van der Waals surface area contributed by atoms with Crippen LogP contribution in [0.4, 0.5) is 11.4 Å². The zero-order valence-corrected chi connectivity index (χ0v) is 22.6. The first-order valence-corrected chi connectivity index (χ1v) is 12.3. The first-order chi connectivity index (χ1) is 18.3. The number of hydrazone groups is 1. The van der Waals surface area contributed by atoms with Crippen molar-refractivity contribution in [2.75, 3.05) is 31.0 Å². The lowest BCUT2D eigenvalue weighted by atomic mass is 10.2.